The molecule has 0 saturated carbocycles. The molecule has 2 rings (SSSR count). The van der Waals surface area contributed by atoms with Crippen molar-refractivity contribution in [3.05, 3.63) is 42.2 Å². The Morgan fingerprint density at radius 3 is 2.46 bits per heavy atom. The van der Waals surface area contributed by atoms with E-state index in [1.807, 2.05) is 0 Å². The van der Waals surface area contributed by atoms with Crippen LogP contribution in [-0.2, 0) is 0 Å². The standard InChI is InChI=1S/C9H8FN3/c1-7-11-6-13(12-7)9-4-2-8(10)3-5-9/h2-6H,1H3. The van der Waals surface area contributed by atoms with Gasteiger partial charge >= 0.3 is 0 Å². The molecule has 0 aliphatic carbocycles. The predicted octanol–water partition coefficient (Wildman–Crippen LogP) is 1.71. The number of nitrogens with zero attached hydrogens (tertiary/aromatic N) is 3. The van der Waals surface area contributed by atoms with E-state index in [0.717, 1.165) is 5.69 Å². The van der Waals surface area contributed by atoms with Crippen molar-refractivity contribution in [1.82, 2.24) is 14.8 Å². The number of rotatable bonds is 1. The molecule has 66 valence electrons. The molecule has 1 aromatic carbocycles. The van der Waals surface area contributed by atoms with Gasteiger partial charge in [-0.15, -0.1) is 0 Å². The average molecular weight is 177 g/mol. The third kappa shape index (κ3) is 1.56. The number of aryl methyl sites for hydroxylation is 1. The maximum atomic E-state index is 12.6. The summed E-state index contributed by atoms with van der Waals surface area (Å²) < 4.78 is 14.2. The molecule has 4 heteroatoms. The molecular formula is C9H8FN3. The number of hydrogen-bond donors (Lipinski definition) is 0. The summed E-state index contributed by atoms with van der Waals surface area (Å²) in [5.41, 5.74) is 0.807. The Labute approximate surface area is 74.8 Å². The summed E-state index contributed by atoms with van der Waals surface area (Å²) >= 11 is 0. The van der Waals surface area contributed by atoms with E-state index in [-0.39, 0.29) is 5.82 Å². The molecule has 3 nitrogen and oxygen atoms in total. The zero-order valence-electron chi connectivity index (χ0n) is 7.11. The fourth-order valence-electron chi connectivity index (χ4n) is 1.06. The second-order valence-electron chi connectivity index (χ2n) is 2.71. The minimum Gasteiger partial charge on any atom is -0.221 e. The van der Waals surface area contributed by atoms with Crippen molar-refractivity contribution in [1.29, 1.82) is 0 Å². The molecule has 1 aromatic heterocycles. The molecule has 0 bridgehead atoms. The Morgan fingerprint density at radius 1 is 1.23 bits per heavy atom. The van der Waals surface area contributed by atoms with Crippen molar-refractivity contribution < 1.29 is 4.39 Å². The van der Waals surface area contributed by atoms with Gasteiger partial charge in [0.15, 0.2) is 0 Å². The van der Waals surface area contributed by atoms with Gasteiger partial charge in [-0.1, -0.05) is 0 Å². The fraction of sp³-hybridized carbons (Fsp3) is 0.111. The van der Waals surface area contributed by atoms with Gasteiger partial charge in [-0.25, -0.2) is 14.1 Å². The SMILES string of the molecule is Cc1ncn(-c2ccc(F)cc2)n1. The van der Waals surface area contributed by atoms with E-state index in [1.165, 1.54) is 12.1 Å². The van der Waals surface area contributed by atoms with Crippen LogP contribution in [0.1, 0.15) is 5.82 Å². The first kappa shape index (κ1) is 7.91. The second-order valence-corrected chi connectivity index (χ2v) is 2.71. The van der Waals surface area contributed by atoms with Gasteiger partial charge in [0, 0.05) is 0 Å². The molecule has 0 N–H and O–H groups in total. The molecular weight excluding hydrogens is 169 g/mol. The van der Waals surface area contributed by atoms with Gasteiger partial charge in [0.2, 0.25) is 0 Å². The van der Waals surface area contributed by atoms with Crippen LogP contribution in [0.3, 0.4) is 0 Å². The normalized spacial score (nSPS) is 10.3. The number of benzene rings is 1. The van der Waals surface area contributed by atoms with Crippen LogP contribution in [0, 0.1) is 12.7 Å². The Kier molecular flexibility index (Phi) is 1.81. The monoisotopic (exact) mass is 177 g/mol. The maximum Gasteiger partial charge on any atom is 0.147 e. The molecule has 0 aliphatic heterocycles. The van der Waals surface area contributed by atoms with Crippen LogP contribution >= 0.6 is 0 Å². The summed E-state index contributed by atoms with van der Waals surface area (Å²) in [7, 11) is 0. The zero-order valence-corrected chi connectivity index (χ0v) is 7.11. The van der Waals surface area contributed by atoms with Gasteiger partial charge in [-0.3, -0.25) is 0 Å². The van der Waals surface area contributed by atoms with Gasteiger partial charge < -0.3 is 0 Å². The van der Waals surface area contributed by atoms with Crippen LogP contribution in [0.4, 0.5) is 4.39 Å². The fourth-order valence-corrected chi connectivity index (χ4v) is 1.06. The number of hydrogen-bond acceptors (Lipinski definition) is 2. The molecule has 13 heavy (non-hydrogen) atoms. The lowest BCUT2D eigenvalue weighted by atomic mass is 10.3. The summed E-state index contributed by atoms with van der Waals surface area (Å²) in [6, 6.07) is 6.10. The second kappa shape index (κ2) is 2.97. The van der Waals surface area contributed by atoms with E-state index in [1.54, 1.807) is 30.1 Å². The van der Waals surface area contributed by atoms with Crippen LogP contribution in [-0.4, -0.2) is 14.8 Å². The first-order valence-electron chi connectivity index (χ1n) is 3.90. The summed E-state index contributed by atoms with van der Waals surface area (Å²) in [5, 5.41) is 4.09. The number of aromatic nitrogens is 3. The summed E-state index contributed by atoms with van der Waals surface area (Å²) in [4.78, 5) is 3.97. The van der Waals surface area contributed by atoms with Crippen LogP contribution in [0.15, 0.2) is 30.6 Å². The van der Waals surface area contributed by atoms with Crippen LogP contribution in [0.25, 0.3) is 5.69 Å². The third-order valence-corrected chi connectivity index (χ3v) is 1.70. The van der Waals surface area contributed by atoms with Crippen molar-refractivity contribution in [2.45, 2.75) is 6.92 Å². The first-order valence-corrected chi connectivity index (χ1v) is 3.90. The van der Waals surface area contributed by atoms with Crippen LogP contribution in [0.2, 0.25) is 0 Å². The Balaban J connectivity index is 2.41. The van der Waals surface area contributed by atoms with Crippen molar-refractivity contribution in [3.63, 3.8) is 0 Å². The lowest BCUT2D eigenvalue weighted by molar-refractivity contribution is 0.627. The van der Waals surface area contributed by atoms with Gasteiger partial charge in [0.25, 0.3) is 0 Å². The van der Waals surface area contributed by atoms with E-state index in [0.29, 0.717) is 5.82 Å². The highest BCUT2D eigenvalue weighted by Crippen LogP contribution is 2.06. The number of halogens is 1. The first-order chi connectivity index (χ1) is 6.25. The van der Waals surface area contributed by atoms with Crippen molar-refractivity contribution in [3.8, 4) is 5.69 Å². The van der Waals surface area contributed by atoms with E-state index < -0.39 is 0 Å². The highest BCUT2D eigenvalue weighted by molar-refractivity contribution is 5.29. The van der Waals surface area contributed by atoms with Gasteiger partial charge in [-0.05, 0) is 31.2 Å². The van der Waals surface area contributed by atoms with E-state index in [4.69, 9.17) is 0 Å². The van der Waals surface area contributed by atoms with E-state index in [2.05, 4.69) is 10.1 Å². The molecule has 0 radical (unpaired) electrons. The Morgan fingerprint density at radius 2 is 1.92 bits per heavy atom. The van der Waals surface area contributed by atoms with Crippen molar-refractivity contribution in [2.75, 3.05) is 0 Å². The third-order valence-electron chi connectivity index (χ3n) is 1.70. The molecule has 0 fully saturated rings. The maximum absolute atomic E-state index is 12.6. The van der Waals surface area contributed by atoms with Crippen molar-refractivity contribution in [2.24, 2.45) is 0 Å². The minimum atomic E-state index is -0.249. The summed E-state index contributed by atoms with van der Waals surface area (Å²) in [6.45, 7) is 1.81. The molecule has 0 aliphatic rings. The molecule has 0 atom stereocenters. The van der Waals surface area contributed by atoms with Gasteiger partial charge in [0.05, 0.1) is 5.69 Å². The zero-order chi connectivity index (χ0) is 9.26. The van der Waals surface area contributed by atoms with E-state index >= 15 is 0 Å². The molecule has 0 saturated heterocycles. The highest BCUT2D eigenvalue weighted by atomic mass is 19.1. The topological polar surface area (TPSA) is 30.7 Å². The average Bonchev–Trinajstić information content (AvgIpc) is 2.53. The lowest BCUT2D eigenvalue weighted by Crippen LogP contribution is -1.94. The molecule has 0 unspecified atom stereocenters. The minimum absolute atomic E-state index is 0.249. The quantitative estimate of drug-likeness (QED) is 0.664. The summed E-state index contributed by atoms with van der Waals surface area (Å²) in [6.07, 6.45) is 1.60. The van der Waals surface area contributed by atoms with Crippen LogP contribution in [0.5, 0.6) is 0 Å². The highest BCUT2D eigenvalue weighted by Gasteiger charge is 1.98. The smallest absolute Gasteiger partial charge is 0.147 e. The Bertz CT molecular complexity index is 405. The Hall–Kier alpha value is -1.71. The van der Waals surface area contributed by atoms with Gasteiger partial charge in [0.1, 0.15) is 18.0 Å². The largest absolute Gasteiger partial charge is 0.221 e. The van der Waals surface area contributed by atoms with Gasteiger partial charge in [-0.2, -0.15) is 5.10 Å². The predicted molar refractivity (Wildman–Crippen MR) is 46.1 cm³/mol. The summed E-state index contributed by atoms with van der Waals surface area (Å²) in [5.74, 6) is 0.449. The van der Waals surface area contributed by atoms with Crippen molar-refractivity contribution >= 4 is 0 Å². The molecule has 2 aromatic rings. The van der Waals surface area contributed by atoms with Crippen LogP contribution < -0.4 is 0 Å². The lowest BCUT2D eigenvalue weighted by Gasteiger charge is -1.98. The van der Waals surface area contributed by atoms with E-state index in [9.17, 15) is 4.39 Å². The molecule has 1 heterocycles. The molecule has 0 spiro atoms. The molecule has 0 amide bonds.